The van der Waals surface area contributed by atoms with Gasteiger partial charge in [0.2, 0.25) is 5.91 Å². The summed E-state index contributed by atoms with van der Waals surface area (Å²) < 4.78 is 6.16. The lowest BCUT2D eigenvalue weighted by Crippen LogP contribution is -2.67. The number of carbonyl (C=O) groups excluding carboxylic acids is 2. The summed E-state index contributed by atoms with van der Waals surface area (Å²) in [5, 5.41) is 22.2. The van der Waals surface area contributed by atoms with E-state index in [0.717, 1.165) is 69.8 Å². The largest absolute Gasteiger partial charge is 0.481 e. The molecule has 0 heterocycles. The van der Waals surface area contributed by atoms with Crippen molar-refractivity contribution >= 4 is 23.8 Å². The molecular formula is C44H63NO7. The molecule has 5 saturated carbocycles. The van der Waals surface area contributed by atoms with Crippen LogP contribution >= 0.6 is 0 Å². The predicted molar refractivity (Wildman–Crippen MR) is 200 cm³/mol. The molecule has 0 aliphatic heterocycles. The standard InChI is InChI=1S/C44H63NO7/c1-26(2)29-16-21-44(37(49)45-25-27-10-12-28(13-11-27)36(47)48)23-22-42(8)30(35(29)44)14-15-32-41(7)19-18-33(52-34(46)24-39(3,4)38(50)51)40(5,6)31(41)17-20-43(32,42)9/h10-13,29-33,35H,1,14-25H2,2-9H3,(H,45,49)(H,47,48)(H,50,51)/t29-,30+,31-,32+,33-,35+,41-,42+,43+,44-/m0/s1. The zero-order valence-electron chi connectivity index (χ0n) is 32.9. The van der Waals surface area contributed by atoms with E-state index >= 15 is 0 Å². The Morgan fingerprint density at radius 1 is 0.846 bits per heavy atom. The van der Waals surface area contributed by atoms with E-state index in [-0.39, 0.29) is 51.6 Å². The van der Waals surface area contributed by atoms with Gasteiger partial charge in [0.05, 0.1) is 22.8 Å². The number of carboxylic acid groups (broad SMARTS) is 2. The van der Waals surface area contributed by atoms with E-state index in [1.807, 2.05) is 0 Å². The minimum atomic E-state index is -1.17. The predicted octanol–water partition coefficient (Wildman–Crippen LogP) is 9.07. The molecule has 0 unspecified atom stereocenters. The topological polar surface area (TPSA) is 130 Å². The molecular weight excluding hydrogens is 654 g/mol. The van der Waals surface area contributed by atoms with Gasteiger partial charge in [0.1, 0.15) is 6.10 Å². The Morgan fingerprint density at radius 3 is 2.13 bits per heavy atom. The highest BCUT2D eigenvalue weighted by molar-refractivity contribution is 5.87. The van der Waals surface area contributed by atoms with Crippen molar-refractivity contribution in [3.63, 3.8) is 0 Å². The van der Waals surface area contributed by atoms with Crippen molar-refractivity contribution in [1.82, 2.24) is 5.32 Å². The van der Waals surface area contributed by atoms with Gasteiger partial charge in [-0.1, -0.05) is 58.9 Å². The number of esters is 1. The van der Waals surface area contributed by atoms with Crippen LogP contribution in [0.4, 0.5) is 0 Å². The van der Waals surface area contributed by atoms with E-state index < -0.39 is 28.7 Å². The van der Waals surface area contributed by atoms with Crippen LogP contribution in [0.15, 0.2) is 36.4 Å². The van der Waals surface area contributed by atoms with Crippen LogP contribution in [-0.4, -0.2) is 40.1 Å². The Morgan fingerprint density at radius 2 is 1.52 bits per heavy atom. The summed E-state index contributed by atoms with van der Waals surface area (Å²) in [6, 6.07) is 6.78. The minimum Gasteiger partial charge on any atom is -0.481 e. The lowest BCUT2D eigenvalue weighted by Gasteiger charge is -2.72. The van der Waals surface area contributed by atoms with Crippen molar-refractivity contribution in [1.29, 1.82) is 0 Å². The molecule has 5 fully saturated rings. The normalized spacial score (nSPS) is 39.2. The van der Waals surface area contributed by atoms with Gasteiger partial charge in [0, 0.05) is 12.0 Å². The molecule has 8 nitrogen and oxygen atoms in total. The third kappa shape index (κ3) is 5.84. The number of nitrogens with one attached hydrogen (secondary N) is 1. The van der Waals surface area contributed by atoms with Gasteiger partial charge in [-0.15, -0.1) is 0 Å². The van der Waals surface area contributed by atoms with Gasteiger partial charge in [-0.25, -0.2) is 4.79 Å². The first-order valence-electron chi connectivity index (χ1n) is 19.8. The molecule has 6 rings (SSSR count). The zero-order valence-corrected chi connectivity index (χ0v) is 32.9. The van der Waals surface area contributed by atoms with E-state index in [9.17, 15) is 29.4 Å². The molecule has 3 N–H and O–H groups in total. The van der Waals surface area contributed by atoms with E-state index in [4.69, 9.17) is 4.74 Å². The molecule has 5 aliphatic rings. The fraction of sp³-hybridized carbons (Fsp3) is 0.727. The second kappa shape index (κ2) is 13.0. The second-order valence-corrected chi connectivity index (χ2v) is 19.7. The SMILES string of the molecule is C=C(C)[C@@H]1CC[C@]2(C(=O)NCc3ccc(C(=O)O)cc3)CC[C@]3(C)[C@H](CC[C@@H]4[C@@]5(C)CC[C@H](OC(=O)CC(C)(C)C(=O)O)C(C)(C)[C@@H]5CC[C@]43C)[C@@H]12. The summed E-state index contributed by atoms with van der Waals surface area (Å²) in [7, 11) is 0. The van der Waals surface area contributed by atoms with Crippen molar-refractivity contribution in [3.8, 4) is 0 Å². The average molecular weight is 718 g/mol. The molecule has 0 radical (unpaired) electrons. The van der Waals surface area contributed by atoms with Gasteiger partial charge >= 0.3 is 17.9 Å². The number of hydrogen-bond donors (Lipinski definition) is 3. The maximum Gasteiger partial charge on any atom is 0.335 e. The van der Waals surface area contributed by atoms with Crippen LogP contribution in [0.2, 0.25) is 0 Å². The van der Waals surface area contributed by atoms with Crippen LogP contribution in [0.1, 0.15) is 142 Å². The van der Waals surface area contributed by atoms with Crippen LogP contribution in [0.25, 0.3) is 0 Å². The molecule has 10 atom stereocenters. The highest BCUT2D eigenvalue weighted by Gasteiger charge is 2.72. The van der Waals surface area contributed by atoms with E-state index in [0.29, 0.717) is 30.2 Å². The molecule has 8 heteroatoms. The Bertz CT molecular complexity index is 1630. The maximum atomic E-state index is 14.5. The summed E-state index contributed by atoms with van der Waals surface area (Å²) in [4.78, 5) is 50.7. The fourth-order valence-corrected chi connectivity index (χ4v) is 13.5. The Balaban J connectivity index is 1.24. The van der Waals surface area contributed by atoms with E-state index in [2.05, 4.69) is 53.4 Å². The molecule has 0 bridgehead atoms. The molecule has 52 heavy (non-hydrogen) atoms. The van der Waals surface area contributed by atoms with Crippen molar-refractivity contribution in [3.05, 3.63) is 47.5 Å². The van der Waals surface area contributed by atoms with Crippen LogP contribution in [0, 0.1) is 62.1 Å². The number of allylic oxidation sites excluding steroid dienone is 1. The number of hydrogen-bond acceptors (Lipinski definition) is 5. The number of aliphatic carboxylic acids is 1. The van der Waals surface area contributed by atoms with Crippen molar-refractivity contribution < 1.29 is 34.1 Å². The molecule has 1 aromatic carbocycles. The van der Waals surface area contributed by atoms with Gasteiger partial charge in [-0.05, 0) is 149 Å². The third-order valence-electron chi connectivity index (χ3n) is 16.6. The van der Waals surface area contributed by atoms with Crippen LogP contribution in [-0.2, 0) is 25.7 Å². The number of amides is 1. The summed E-state index contributed by atoms with van der Waals surface area (Å²) in [5.74, 6) is -0.362. The number of rotatable bonds is 9. The first-order chi connectivity index (χ1) is 24.1. The molecule has 0 spiro atoms. The smallest absolute Gasteiger partial charge is 0.335 e. The van der Waals surface area contributed by atoms with Crippen molar-refractivity contribution in [2.24, 2.45) is 62.1 Å². The molecule has 0 saturated heterocycles. The number of ether oxygens (including phenoxy) is 1. The molecule has 0 aromatic heterocycles. The minimum absolute atomic E-state index is 0.0684. The summed E-state index contributed by atoms with van der Waals surface area (Å²) >= 11 is 0. The first kappa shape index (κ1) is 38.6. The summed E-state index contributed by atoms with van der Waals surface area (Å²) in [5.41, 5.74) is 0.749. The summed E-state index contributed by atoms with van der Waals surface area (Å²) in [6.45, 7) is 22.4. The van der Waals surface area contributed by atoms with Crippen LogP contribution < -0.4 is 5.32 Å². The highest BCUT2D eigenvalue weighted by atomic mass is 16.5. The number of aromatic carboxylic acids is 1. The third-order valence-corrected chi connectivity index (χ3v) is 16.6. The lowest BCUT2D eigenvalue weighted by atomic mass is 9.32. The van der Waals surface area contributed by atoms with Gasteiger partial charge in [0.15, 0.2) is 0 Å². The van der Waals surface area contributed by atoms with Crippen LogP contribution in [0.5, 0.6) is 0 Å². The Kier molecular flexibility index (Phi) is 9.64. The Labute approximate surface area is 310 Å². The maximum absolute atomic E-state index is 14.5. The van der Waals surface area contributed by atoms with Gasteiger partial charge in [-0.3, -0.25) is 14.4 Å². The zero-order chi connectivity index (χ0) is 38.2. The summed E-state index contributed by atoms with van der Waals surface area (Å²) in [6.07, 6.45) is 9.56. The molecule has 1 aromatic rings. The quantitative estimate of drug-likeness (QED) is 0.172. The highest BCUT2D eigenvalue weighted by Crippen LogP contribution is 2.77. The van der Waals surface area contributed by atoms with Gasteiger partial charge in [-0.2, -0.15) is 0 Å². The number of carbonyl (C=O) groups is 4. The van der Waals surface area contributed by atoms with Crippen molar-refractivity contribution in [2.45, 2.75) is 139 Å². The van der Waals surface area contributed by atoms with Crippen LogP contribution in [0.3, 0.4) is 0 Å². The average Bonchev–Trinajstić information content (AvgIpc) is 3.46. The molecule has 1 amide bonds. The molecule has 5 aliphatic carbocycles. The van der Waals surface area contributed by atoms with E-state index in [1.165, 1.54) is 5.57 Å². The van der Waals surface area contributed by atoms with Gasteiger partial charge in [0.25, 0.3) is 0 Å². The lowest BCUT2D eigenvalue weighted by molar-refractivity contribution is -0.249. The van der Waals surface area contributed by atoms with Gasteiger partial charge < -0.3 is 20.3 Å². The second-order valence-electron chi connectivity index (χ2n) is 19.7. The Hall–Kier alpha value is -3.16. The van der Waals surface area contributed by atoms with E-state index in [1.54, 1.807) is 38.1 Å². The number of benzene rings is 1. The monoisotopic (exact) mass is 717 g/mol. The fourth-order valence-electron chi connectivity index (χ4n) is 13.5. The molecule has 286 valence electrons. The van der Waals surface area contributed by atoms with Crippen molar-refractivity contribution in [2.75, 3.05) is 0 Å². The number of carboxylic acids is 2. The number of fused-ring (bicyclic) bond motifs is 7. The first-order valence-corrected chi connectivity index (χ1v) is 19.8.